The topological polar surface area (TPSA) is 86.4 Å². The fourth-order valence-corrected chi connectivity index (χ4v) is 3.47. The third kappa shape index (κ3) is 7.16. The maximum atomic E-state index is 10.7. The Labute approximate surface area is 150 Å². The molecule has 0 radical (unpaired) electrons. The molecule has 5 nitrogen and oxygen atoms in total. The van der Waals surface area contributed by atoms with Crippen molar-refractivity contribution in [1.29, 1.82) is 0 Å². The van der Waals surface area contributed by atoms with Crippen LogP contribution in [0.1, 0.15) is 74.6 Å². The van der Waals surface area contributed by atoms with Gasteiger partial charge in [-0.3, -0.25) is 10.3 Å². The molecule has 3 N–H and O–H groups in total. The lowest BCUT2D eigenvalue weighted by molar-refractivity contribution is -0.504. The predicted octanol–water partition coefficient (Wildman–Crippen LogP) is 1.81. The molecule has 0 heterocycles. The number of para-hydroxylation sites is 1. The van der Waals surface area contributed by atoms with E-state index in [9.17, 15) is 9.90 Å². The minimum atomic E-state index is -1.18. The normalized spacial score (nSPS) is 19.2. The molecule has 25 heavy (non-hydrogen) atoms. The number of carboxylic acids is 1. The Bertz CT molecular complexity index is 548. The van der Waals surface area contributed by atoms with Crippen LogP contribution >= 0.6 is 0 Å². The quantitative estimate of drug-likeness (QED) is 0.573. The molecule has 0 bridgehead atoms. The molecular weight excluding hydrogens is 316 g/mol. The summed E-state index contributed by atoms with van der Waals surface area (Å²) >= 11 is 0. The van der Waals surface area contributed by atoms with E-state index in [4.69, 9.17) is 5.11 Å². The number of rotatable bonds is 4. The summed E-state index contributed by atoms with van der Waals surface area (Å²) in [4.78, 5) is 13.8. The Morgan fingerprint density at radius 2 is 1.64 bits per heavy atom. The zero-order valence-corrected chi connectivity index (χ0v) is 14.9. The van der Waals surface area contributed by atoms with Crippen molar-refractivity contribution in [2.45, 2.75) is 76.3 Å². The summed E-state index contributed by atoms with van der Waals surface area (Å²) in [7, 11) is 0. The smallest absolute Gasteiger partial charge is 0.335 e. The molecule has 0 saturated heterocycles. The second-order valence-electron chi connectivity index (χ2n) is 6.95. The molecule has 2 saturated carbocycles. The summed E-state index contributed by atoms with van der Waals surface area (Å²) in [5.74, 6) is -1.62. The van der Waals surface area contributed by atoms with E-state index >= 15 is 0 Å². The largest absolute Gasteiger partial charge is 0.872 e. The molecular formula is C20H30N2O3. The first kappa shape index (κ1) is 19.3. The molecule has 138 valence electrons. The third-order valence-electron chi connectivity index (χ3n) is 4.97. The SMILES string of the molecule is C(NC1CCCCC1)=[NH+]C1CCCCC1.O=C(O)c1ccccc1[O-]. The number of aromatic carboxylic acids is 1. The molecule has 0 aliphatic heterocycles. The van der Waals surface area contributed by atoms with Gasteiger partial charge in [0.1, 0.15) is 0 Å². The molecule has 0 unspecified atom stereocenters. The van der Waals surface area contributed by atoms with Crippen LogP contribution in [0.15, 0.2) is 24.3 Å². The fraction of sp³-hybridized carbons (Fsp3) is 0.600. The Kier molecular flexibility index (Phi) is 8.29. The molecule has 0 amide bonds. The van der Waals surface area contributed by atoms with Crippen LogP contribution in [0.2, 0.25) is 0 Å². The first-order chi connectivity index (χ1) is 12.2. The average molecular weight is 346 g/mol. The van der Waals surface area contributed by atoms with Gasteiger partial charge in [0, 0.05) is 0 Å². The monoisotopic (exact) mass is 346 g/mol. The van der Waals surface area contributed by atoms with Crippen molar-refractivity contribution in [2.24, 2.45) is 0 Å². The minimum absolute atomic E-state index is 0.178. The molecule has 0 atom stereocenters. The molecule has 2 aliphatic rings. The van der Waals surface area contributed by atoms with Crippen molar-refractivity contribution in [3.8, 4) is 5.75 Å². The van der Waals surface area contributed by atoms with Crippen LogP contribution in [0.3, 0.4) is 0 Å². The van der Waals surface area contributed by atoms with E-state index in [0.717, 1.165) is 12.1 Å². The van der Waals surface area contributed by atoms with Crippen LogP contribution in [0.25, 0.3) is 0 Å². The van der Waals surface area contributed by atoms with Gasteiger partial charge < -0.3 is 10.2 Å². The highest BCUT2D eigenvalue weighted by molar-refractivity contribution is 5.90. The van der Waals surface area contributed by atoms with Crippen LogP contribution in [0.4, 0.5) is 0 Å². The Hall–Kier alpha value is -2.04. The summed E-state index contributed by atoms with van der Waals surface area (Å²) in [5, 5.41) is 22.6. The van der Waals surface area contributed by atoms with Gasteiger partial charge in [-0.15, -0.1) is 0 Å². The van der Waals surface area contributed by atoms with E-state index in [0.29, 0.717) is 0 Å². The van der Waals surface area contributed by atoms with Crippen LogP contribution in [-0.4, -0.2) is 29.5 Å². The Balaban J connectivity index is 0.000000196. The van der Waals surface area contributed by atoms with Gasteiger partial charge in [-0.2, -0.15) is 0 Å². The first-order valence-corrected chi connectivity index (χ1v) is 9.50. The van der Waals surface area contributed by atoms with E-state index in [2.05, 4.69) is 16.6 Å². The van der Waals surface area contributed by atoms with Gasteiger partial charge in [0.2, 0.25) is 6.34 Å². The molecule has 1 aromatic rings. The third-order valence-corrected chi connectivity index (χ3v) is 4.97. The zero-order chi connectivity index (χ0) is 17.9. The van der Waals surface area contributed by atoms with Gasteiger partial charge in [-0.25, -0.2) is 4.79 Å². The molecule has 2 aliphatic carbocycles. The lowest BCUT2D eigenvalue weighted by Crippen LogP contribution is -2.78. The number of carboxylic acid groups (broad SMARTS) is 1. The Morgan fingerprint density at radius 3 is 2.20 bits per heavy atom. The van der Waals surface area contributed by atoms with Crippen molar-refractivity contribution < 1.29 is 20.0 Å². The highest BCUT2D eigenvalue weighted by Gasteiger charge is 2.16. The standard InChI is InChI=1S/C13H24N2.C7H6O3/c1-3-7-12(8-4-1)14-11-15-13-9-5-2-6-10-13;8-6-4-2-1-3-5(6)7(9)10/h11-13H,1-10H2,(H,14,15);1-4,8H,(H,9,10). The summed E-state index contributed by atoms with van der Waals surface area (Å²) in [5.41, 5.74) is -0.178. The molecule has 0 spiro atoms. The summed E-state index contributed by atoms with van der Waals surface area (Å²) in [6.07, 6.45) is 16.1. The van der Waals surface area contributed by atoms with Gasteiger partial charge in [-0.1, -0.05) is 36.8 Å². The highest BCUT2D eigenvalue weighted by Crippen LogP contribution is 2.17. The molecule has 2 fully saturated rings. The second kappa shape index (κ2) is 10.7. The van der Waals surface area contributed by atoms with Crippen LogP contribution in [0.5, 0.6) is 5.75 Å². The lowest BCUT2D eigenvalue weighted by atomic mass is 9.95. The van der Waals surface area contributed by atoms with E-state index in [1.807, 2.05) is 0 Å². The summed E-state index contributed by atoms with van der Waals surface area (Å²) in [6, 6.07) is 7.03. The number of nitrogens with one attached hydrogen (secondary N) is 2. The van der Waals surface area contributed by atoms with Crippen molar-refractivity contribution in [3.63, 3.8) is 0 Å². The summed E-state index contributed by atoms with van der Waals surface area (Å²) < 4.78 is 0. The van der Waals surface area contributed by atoms with Crippen LogP contribution < -0.4 is 15.4 Å². The van der Waals surface area contributed by atoms with Gasteiger partial charge in [0.15, 0.2) is 0 Å². The molecule has 1 aromatic carbocycles. The van der Waals surface area contributed by atoms with E-state index in [-0.39, 0.29) is 5.56 Å². The van der Waals surface area contributed by atoms with Gasteiger partial charge in [0.25, 0.3) is 0 Å². The molecule has 3 rings (SSSR count). The lowest BCUT2D eigenvalue weighted by Gasteiger charge is -2.18. The van der Waals surface area contributed by atoms with E-state index in [1.165, 1.54) is 88.5 Å². The number of hydrogen-bond acceptors (Lipinski definition) is 2. The van der Waals surface area contributed by atoms with Gasteiger partial charge in [0.05, 0.1) is 17.6 Å². The fourth-order valence-electron chi connectivity index (χ4n) is 3.47. The van der Waals surface area contributed by atoms with Crippen molar-refractivity contribution in [2.75, 3.05) is 0 Å². The Morgan fingerprint density at radius 1 is 1.04 bits per heavy atom. The van der Waals surface area contributed by atoms with Crippen molar-refractivity contribution in [1.82, 2.24) is 5.32 Å². The van der Waals surface area contributed by atoms with Crippen molar-refractivity contribution in [3.05, 3.63) is 29.8 Å². The predicted molar refractivity (Wildman–Crippen MR) is 96.8 cm³/mol. The highest BCUT2D eigenvalue weighted by atomic mass is 16.4. The average Bonchev–Trinajstić information content (AvgIpc) is 2.64. The van der Waals surface area contributed by atoms with E-state index in [1.54, 1.807) is 0 Å². The summed E-state index contributed by atoms with van der Waals surface area (Å²) in [6.45, 7) is 0. The van der Waals surface area contributed by atoms with Crippen LogP contribution in [0, 0.1) is 0 Å². The van der Waals surface area contributed by atoms with Gasteiger partial charge >= 0.3 is 5.97 Å². The second-order valence-corrected chi connectivity index (χ2v) is 6.95. The zero-order valence-electron chi connectivity index (χ0n) is 14.9. The maximum absolute atomic E-state index is 10.7. The minimum Gasteiger partial charge on any atom is -0.872 e. The van der Waals surface area contributed by atoms with E-state index < -0.39 is 11.7 Å². The van der Waals surface area contributed by atoms with Crippen LogP contribution in [-0.2, 0) is 0 Å². The molecule has 5 heteroatoms. The first-order valence-electron chi connectivity index (χ1n) is 9.50. The van der Waals surface area contributed by atoms with Gasteiger partial charge in [-0.05, 0) is 57.4 Å². The molecule has 0 aromatic heterocycles. The number of benzene rings is 1. The van der Waals surface area contributed by atoms with Crippen molar-refractivity contribution >= 4 is 12.3 Å². The number of carbonyl (C=O) groups is 1. The number of hydrogen-bond donors (Lipinski definition) is 3. The maximum Gasteiger partial charge on any atom is 0.335 e.